The van der Waals surface area contributed by atoms with Crippen LogP contribution in [0.3, 0.4) is 0 Å². The molecule has 0 atom stereocenters. The summed E-state index contributed by atoms with van der Waals surface area (Å²) in [6.07, 6.45) is 15.9. The third-order valence-electron chi connectivity index (χ3n) is 6.04. The summed E-state index contributed by atoms with van der Waals surface area (Å²) in [6, 6.07) is 12.9. The van der Waals surface area contributed by atoms with Gasteiger partial charge in [0.1, 0.15) is 5.15 Å². The van der Waals surface area contributed by atoms with E-state index in [9.17, 15) is 0 Å². The maximum absolute atomic E-state index is 5.87. The minimum Gasteiger partial charge on any atom is -0.244 e. The van der Waals surface area contributed by atoms with Crippen LogP contribution in [0.15, 0.2) is 42.6 Å². The lowest BCUT2D eigenvalue weighted by Crippen LogP contribution is -2.15. The van der Waals surface area contributed by atoms with Gasteiger partial charge < -0.3 is 0 Å². The molecule has 0 saturated heterocycles. The standard InChI is InChI=1S/C24H32ClN/c1-2-3-4-5-19-6-8-20(9-7-19)10-11-21-12-14-22(15-13-21)23-16-17-24(25)26-18-23/h12-20H,2-11H2,1H3. The molecule has 1 aliphatic rings. The number of aromatic nitrogens is 1. The van der Waals surface area contributed by atoms with Crippen LogP contribution in [0.1, 0.15) is 70.3 Å². The number of halogens is 1. The first kappa shape index (κ1) is 19.4. The highest BCUT2D eigenvalue weighted by Gasteiger charge is 2.20. The van der Waals surface area contributed by atoms with Crippen LogP contribution in [0.25, 0.3) is 11.1 Å². The maximum atomic E-state index is 5.87. The lowest BCUT2D eigenvalue weighted by molar-refractivity contribution is 0.249. The molecule has 1 aromatic carbocycles. The molecule has 0 unspecified atom stereocenters. The summed E-state index contributed by atoms with van der Waals surface area (Å²) in [5.41, 5.74) is 3.80. The summed E-state index contributed by atoms with van der Waals surface area (Å²) < 4.78 is 0. The second kappa shape index (κ2) is 10.1. The van der Waals surface area contributed by atoms with Crippen molar-refractivity contribution in [2.75, 3.05) is 0 Å². The van der Waals surface area contributed by atoms with E-state index in [1.165, 1.54) is 75.3 Å². The van der Waals surface area contributed by atoms with E-state index >= 15 is 0 Å². The van der Waals surface area contributed by atoms with Crippen LogP contribution in [-0.4, -0.2) is 4.98 Å². The zero-order valence-corrected chi connectivity index (χ0v) is 16.8. The molecule has 1 aromatic heterocycles. The Balaban J connectivity index is 1.42. The SMILES string of the molecule is CCCCCC1CCC(CCc2ccc(-c3ccc(Cl)nc3)cc2)CC1. The number of nitrogens with zero attached hydrogens (tertiary/aromatic N) is 1. The van der Waals surface area contributed by atoms with E-state index in [0.29, 0.717) is 5.15 Å². The van der Waals surface area contributed by atoms with Gasteiger partial charge in [-0.25, -0.2) is 4.98 Å². The van der Waals surface area contributed by atoms with Gasteiger partial charge in [-0.2, -0.15) is 0 Å². The van der Waals surface area contributed by atoms with Gasteiger partial charge in [-0.1, -0.05) is 94.2 Å². The van der Waals surface area contributed by atoms with Gasteiger partial charge >= 0.3 is 0 Å². The van der Waals surface area contributed by atoms with Gasteiger partial charge in [0.25, 0.3) is 0 Å². The van der Waals surface area contributed by atoms with Gasteiger partial charge in [0.15, 0.2) is 0 Å². The van der Waals surface area contributed by atoms with Crippen LogP contribution in [-0.2, 0) is 6.42 Å². The Morgan fingerprint density at radius 1 is 0.846 bits per heavy atom. The Bertz CT molecular complexity index is 639. The molecule has 0 amide bonds. The molecule has 0 aliphatic heterocycles. The molecule has 140 valence electrons. The molecule has 2 aromatic rings. The van der Waals surface area contributed by atoms with E-state index in [2.05, 4.69) is 36.2 Å². The van der Waals surface area contributed by atoms with Gasteiger partial charge in [-0.15, -0.1) is 0 Å². The van der Waals surface area contributed by atoms with Crippen molar-refractivity contribution in [3.05, 3.63) is 53.3 Å². The molecule has 26 heavy (non-hydrogen) atoms. The molecule has 1 nitrogen and oxygen atoms in total. The summed E-state index contributed by atoms with van der Waals surface area (Å²) in [5, 5.41) is 0.547. The molecule has 2 heteroatoms. The fraction of sp³-hybridized carbons (Fsp3) is 0.542. The smallest absolute Gasteiger partial charge is 0.129 e. The molecular formula is C24H32ClN. The monoisotopic (exact) mass is 369 g/mol. The first-order valence-electron chi connectivity index (χ1n) is 10.5. The minimum atomic E-state index is 0.547. The van der Waals surface area contributed by atoms with Crippen molar-refractivity contribution in [2.24, 2.45) is 11.8 Å². The van der Waals surface area contributed by atoms with Crippen LogP contribution in [0.4, 0.5) is 0 Å². The Kier molecular flexibility index (Phi) is 7.55. The zero-order chi connectivity index (χ0) is 18.2. The predicted octanol–water partition coefficient (Wildman–Crippen LogP) is 7.72. The van der Waals surface area contributed by atoms with Gasteiger partial charge in [0.2, 0.25) is 0 Å². The molecule has 0 N–H and O–H groups in total. The van der Waals surface area contributed by atoms with Gasteiger partial charge in [0, 0.05) is 11.8 Å². The van der Waals surface area contributed by atoms with Crippen molar-refractivity contribution < 1.29 is 0 Å². The fourth-order valence-electron chi connectivity index (χ4n) is 4.27. The molecule has 3 rings (SSSR count). The zero-order valence-electron chi connectivity index (χ0n) is 16.1. The number of hydrogen-bond acceptors (Lipinski definition) is 1. The highest BCUT2D eigenvalue weighted by atomic mass is 35.5. The Morgan fingerprint density at radius 2 is 1.50 bits per heavy atom. The summed E-state index contributed by atoms with van der Waals surface area (Å²) in [5.74, 6) is 1.96. The summed E-state index contributed by atoms with van der Waals surface area (Å²) >= 11 is 5.87. The molecule has 1 heterocycles. The number of unbranched alkanes of at least 4 members (excludes halogenated alkanes) is 2. The third kappa shape index (κ3) is 5.84. The Morgan fingerprint density at radius 3 is 2.12 bits per heavy atom. The van der Waals surface area contributed by atoms with E-state index in [-0.39, 0.29) is 0 Å². The molecule has 0 spiro atoms. The fourth-order valence-corrected chi connectivity index (χ4v) is 4.38. The van der Waals surface area contributed by atoms with Crippen LogP contribution in [0.2, 0.25) is 5.15 Å². The van der Waals surface area contributed by atoms with Gasteiger partial charge in [-0.3, -0.25) is 0 Å². The minimum absolute atomic E-state index is 0.547. The molecule has 1 fully saturated rings. The van der Waals surface area contributed by atoms with E-state index in [1.807, 2.05) is 18.3 Å². The van der Waals surface area contributed by atoms with Crippen molar-refractivity contribution in [1.82, 2.24) is 4.98 Å². The van der Waals surface area contributed by atoms with E-state index in [4.69, 9.17) is 11.6 Å². The number of rotatable bonds is 8. The Hall–Kier alpha value is -1.34. The van der Waals surface area contributed by atoms with Crippen LogP contribution >= 0.6 is 11.6 Å². The van der Waals surface area contributed by atoms with Crippen molar-refractivity contribution in [3.63, 3.8) is 0 Å². The Labute approximate surface area is 164 Å². The number of pyridine rings is 1. The largest absolute Gasteiger partial charge is 0.244 e. The topological polar surface area (TPSA) is 12.9 Å². The number of aryl methyl sites for hydroxylation is 1. The third-order valence-corrected chi connectivity index (χ3v) is 6.26. The average Bonchev–Trinajstić information content (AvgIpc) is 2.69. The second-order valence-electron chi connectivity index (χ2n) is 7.99. The lowest BCUT2D eigenvalue weighted by Gasteiger charge is -2.28. The van der Waals surface area contributed by atoms with E-state index in [0.717, 1.165) is 17.4 Å². The van der Waals surface area contributed by atoms with E-state index in [1.54, 1.807) is 0 Å². The van der Waals surface area contributed by atoms with Crippen molar-refractivity contribution >= 4 is 11.6 Å². The summed E-state index contributed by atoms with van der Waals surface area (Å²) in [4.78, 5) is 4.17. The van der Waals surface area contributed by atoms with Gasteiger partial charge in [-0.05, 0) is 47.9 Å². The molecule has 1 saturated carbocycles. The lowest BCUT2D eigenvalue weighted by atomic mass is 9.78. The normalized spacial score (nSPS) is 20.2. The molecule has 0 radical (unpaired) electrons. The molecular weight excluding hydrogens is 338 g/mol. The van der Waals surface area contributed by atoms with Crippen LogP contribution in [0, 0.1) is 11.8 Å². The van der Waals surface area contributed by atoms with Crippen molar-refractivity contribution in [2.45, 2.75) is 71.1 Å². The van der Waals surface area contributed by atoms with E-state index < -0.39 is 0 Å². The summed E-state index contributed by atoms with van der Waals surface area (Å²) in [6.45, 7) is 2.30. The number of hydrogen-bond donors (Lipinski definition) is 0. The van der Waals surface area contributed by atoms with Crippen LogP contribution in [0.5, 0.6) is 0 Å². The van der Waals surface area contributed by atoms with Crippen molar-refractivity contribution in [3.8, 4) is 11.1 Å². The highest BCUT2D eigenvalue weighted by molar-refractivity contribution is 6.29. The van der Waals surface area contributed by atoms with Gasteiger partial charge in [0.05, 0.1) is 0 Å². The average molecular weight is 370 g/mol. The first-order chi connectivity index (χ1) is 12.7. The molecule has 1 aliphatic carbocycles. The van der Waals surface area contributed by atoms with Crippen LogP contribution < -0.4 is 0 Å². The maximum Gasteiger partial charge on any atom is 0.129 e. The first-order valence-corrected chi connectivity index (χ1v) is 10.8. The predicted molar refractivity (Wildman–Crippen MR) is 113 cm³/mol. The number of benzene rings is 1. The second-order valence-corrected chi connectivity index (χ2v) is 8.37. The summed E-state index contributed by atoms with van der Waals surface area (Å²) in [7, 11) is 0. The van der Waals surface area contributed by atoms with Crippen molar-refractivity contribution in [1.29, 1.82) is 0 Å². The highest BCUT2D eigenvalue weighted by Crippen LogP contribution is 2.34. The quantitative estimate of drug-likeness (QED) is 0.342. The molecule has 0 bridgehead atoms.